The zero-order chi connectivity index (χ0) is 26.5. The first-order chi connectivity index (χ1) is 17.2. The lowest BCUT2D eigenvalue weighted by molar-refractivity contribution is -0.165. The Morgan fingerprint density at radius 1 is 1.08 bits per heavy atom. The summed E-state index contributed by atoms with van der Waals surface area (Å²) in [4.78, 5) is 22.4. The van der Waals surface area contributed by atoms with E-state index in [-0.39, 0.29) is 0 Å². The van der Waals surface area contributed by atoms with Crippen molar-refractivity contribution in [3.05, 3.63) is 29.3 Å². The summed E-state index contributed by atoms with van der Waals surface area (Å²) in [5.74, 6) is -0.707. The van der Waals surface area contributed by atoms with Crippen LogP contribution in [0, 0.1) is 11.8 Å². The Bertz CT molecular complexity index is 884. The summed E-state index contributed by atoms with van der Waals surface area (Å²) in [6.45, 7) is 7.34. The number of piperidine rings is 1. The van der Waals surface area contributed by atoms with Crippen molar-refractivity contribution in [3.8, 4) is 5.75 Å². The Morgan fingerprint density at radius 2 is 1.75 bits per heavy atom. The molecule has 2 fully saturated rings. The van der Waals surface area contributed by atoms with Crippen LogP contribution in [-0.2, 0) is 21.4 Å². The summed E-state index contributed by atoms with van der Waals surface area (Å²) in [7, 11) is 1.81. The van der Waals surface area contributed by atoms with Gasteiger partial charge in [0.25, 0.3) is 0 Å². The first-order valence-corrected chi connectivity index (χ1v) is 13.4. The number of ether oxygens (including phenoxy) is 1. The van der Waals surface area contributed by atoms with E-state index in [0.717, 1.165) is 23.6 Å². The van der Waals surface area contributed by atoms with Crippen molar-refractivity contribution in [2.45, 2.75) is 95.3 Å². The summed E-state index contributed by atoms with van der Waals surface area (Å²) >= 11 is 0. The van der Waals surface area contributed by atoms with Gasteiger partial charge < -0.3 is 25.2 Å². The predicted molar refractivity (Wildman–Crippen MR) is 136 cm³/mol. The third-order valence-corrected chi connectivity index (χ3v) is 8.94. The van der Waals surface area contributed by atoms with Crippen molar-refractivity contribution in [1.29, 1.82) is 0 Å². The summed E-state index contributed by atoms with van der Waals surface area (Å²) in [6.07, 6.45) is 7.82. The molecule has 5 atom stereocenters. The Labute approximate surface area is 214 Å². The maximum atomic E-state index is 9.77. The van der Waals surface area contributed by atoms with E-state index in [1.165, 1.54) is 70.9 Å². The molecule has 1 saturated carbocycles. The number of aliphatic carboxylic acids is 2. The van der Waals surface area contributed by atoms with Crippen LogP contribution in [0.4, 0.5) is 0 Å². The lowest BCUT2D eigenvalue weighted by atomic mass is 9.52. The Hall–Kier alpha value is -2.16. The van der Waals surface area contributed by atoms with Crippen LogP contribution in [0.15, 0.2) is 18.2 Å². The molecule has 3 aliphatic rings. The van der Waals surface area contributed by atoms with E-state index in [2.05, 4.69) is 36.9 Å². The Kier molecular flexibility index (Phi) is 9.78. The first-order valence-electron chi connectivity index (χ1n) is 13.4. The van der Waals surface area contributed by atoms with Crippen LogP contribution in [0.25, 0.3) is 0 Å². The fourth-order valence-corrected chi connectivity index (χ4v) is 6.78. The molecule has 8 heteroatoms. The van der Waals surface area contributed by atoms with Gasteiger partial charge in [-0.2, -0.15) is 0 Å². The average molecular weight is 506 g/mol. The van der Waals surface area contributed by atoms with Crippen LogP contribution >= 0.6 is 0 Å². The maximum absolute atomic E-state index is 9.77. The van der Waals surface area contributed by atoms with E-state index >= 15 is 0 Å². The number of hydrogen-bond donors (Lipinski definition) is 4. The van der Waals surface area contributed by atoms with Gasteiger partial charge in [-0.15, -0.1) is 0 Å². The lowest BCUT2D eigenvalue weighted by Gasteiger charge is -2.59. The fraction of sp³-hybridized carbons (Fsp3) is 0.714. The van der Waals surface area contributed by atoms with Gasteiger partial charge in [0.2, 0.25) is 0 Å². The normalized spacial score (nSPS) is 26.6. The third-order valence-electron chi connectivity index (χ3n) is 8.94. The number of carbonyl (C=O) groups is 2. The number of rotatable bonds is 9. The molecule has 1 aliphatic heterocycles. The van der Waals surface area contributed by atoms with Crippen LogP contribution in [0.5, 0.6) is 5.75 Å². The molecule has 4 rings (SSSR count). The predicted octanol–water partition coefficient (Wildman–Crippen LogP) is 3.46. The number of methoxy groups -OCH3 is 1. The minimum Gasteiger partial charge on any atom is -0.497 e. The van der Waals surface area contributed by atoms with Crippen LogP contribution < -0.4 is 4.74 Å². The second kappa shape index (κ2) is 12.4. The summed E-state index contributed by atoms with van der Waals surface area (Å²) in [5.41, 5.74) is 3.70. The second-order valence-corrected chi connectivity index (χ2v) is 10.6. The van der Waals surface area contributed by atoms with Crippen LogP contribution in [0.3, 0.4) is 0 Å². The lowest BCUT2D eigenvalue weighted by Crippen LogP contribution is -2.61. The molecule has 8 nitrogen and oxygen atoms in total. The summed E-state index contributed by atoms with van der Waals surface area (Å²) in [5, 5.41) is 32.5. The standard InChI is InChI=1S/C24H37NO.C4H6O6/c1-4-18(5-2)11-14-25-15-13-24-12-7-6-8-21(24)23(25)16-19-9-10-20(26-3)17-22(19)24;5-1(3(7)8)2(6)4(9)10/h9-10,17-18,21,23H,4-8,11-16H2,1-3H3;1-2,5-6H,(H,7,8)(H,9,10)/t21-,23-,24-;1-,2-/m01/s1. The van der Waals surface area contributed by atoms with Gasteiger partial charge in [-0.05, 0) is 80.3 Å². The molecule has 1 heterocycles. The van der Waals surface area contributed by atoms with E-state index in [4.69, 9.17) is 25.2 Å². The highest BCUT2D eigenvalue weighted by molar-refractivity contribution is 5.83. The number of carboxylic acid groups (broad SMARTS) is 2. The van der Waals surface area contributed by atoms with Crippen LogP contribution in [0.1, 0.15) is 76.3 Å². The fourth-order valence-electron chi connectivity index (χ4n) is 6.78. The molecule has 1 aromatic rings. The van der Waals surface area contributed by atoms with E-state index in [1.54, 1.807) is 11.1 Å². The average Bonchev–Trinajstić information content (AvgIpc) is 2.89. The van der Waals surface area contributed by atoms with E-state index in [0.29, 0.717) is 5.41 Å². The molecule has 0 unspecified atom stereocenters. The van der Waals surface area contributed by atoms with E-state index in [9.17, 15) is 9.59 Å². The van der Waals surface area contributed by atoms with Crippen molar-refractivity contribution >= 4 is 11.9 Å². The van der Waals surface area contributed by atoms with Crippen LogP contribution in [0.2, 0.25) is 0 Å². The van der Waals surface area contributed by atoms with Gasteiger partial charge in [0, 0.05) is 11.5 Å². The molecule has 0 radical (unpaired) electrons. The van der Waals surface area contributed by atoms with E-state index in [1.807, 2.05) is 7.11 Å². The van der Waals surface area contributed by atoms with Crippen LogP contribution in [-0.4, -0.2) is 75.7 Å². The molecule has 202 valence electrons. The van der Waals surface area contributed by atoms with Gasteiger partial charge in [0.15, 0.2) is 12.2 Å². The van der Waals surface area contributed by atoms with Crippen molar-refractivity contribution < 1.29 is 34.8 Å². The smallest absolute Gasteiger partial charge is 0.335 e. The molecular weight excluding hydrogens is 462 g/mol. The number of hydrogen-bond acceptors (Lipinski definition) is 6. The molecule has 1 aromatic carbocycles. The molecule has 2 bridgehead atoms. The Morgan fingerprint density at radius 3 is 2.33 bits per heavy atom. The third kappa shape index (κ3) is 5.87. The highest BCUT2D eigenvalue weighted by Gasteiger charge is 2.53. The van der Waals surface area contributed by atoms with Gasteiger partial charge in [0.1, 0.15) is 5.75 Å². The highest BCUT2D eigenvalue weighted by Crippen LogP contribution is 2.56. The SMILES string of the molecule is CCC(CC)CCN1CC[C@@]23CCCC[C@H]2[C@@H]1Cc1ccc(OC)cc13.O=C(O)[C@H](O)[C@@H](O)C(=O)O. The number of aliphatic hydroxyl groups excluding tert-OH is 2. The molecule has 1 saturated heterocycles. The Balaban J connectivity index is 0.000000308. The molecule has 2 aliphatic carbocycles. The van der Waals surface area contributed by atoms with Crippen molar-refractivity contribution in [1.82, 2.24) is 4.90 Å². The number of nitrogens with zero attached hydrogens (tertiary/aromatic N) is 1. The minimum absolute atomic E-state index is 0.441. The number of benzene rings is 1. The number of fused-ring (bicyclic) bond motifs is 1. The minimum atomic E-state index is -2.27. The molecule has 0 spiro atoms. The molecule has 0 amide bonds. The first kappa shape index (κ1) is 28.4. The summed E-state index contributed by atoms with van der Waals surface area (Å²) in [6, 6.07) is 7.73. The maximum Gasteiger partial charge on any atom is 0.335 e. The second-order valence-electron chi connectivity index (χ2n) is 10.6. The van der Waals surface area contributed by atoms with Crippen molar-refractivity contribution in [3.63, 3.8) is 0 Å². The van der Waals surface area contributed by atoms with E-state index < -0.39 is 24.1 Å². The van der Waals surface area contributed by atoms with Gasteiger partial charge in [-0.1, -0.05) is 45.6 Å². The van der Waals surface area contributed by atoms with Gasteiger partial charge in [0.05, 0.1) is 7.11 Å². The van der Waals surface area contributed by atoms with Crippen molar-refractivity contribution in [2.75, 3.05) is 20.2 Å². The van der Waals surface area contributed by atoms with Crippen molar-refractivity contribution in [2.24, 2.45) is 11.8 Å². The molecular formula is C28H43NO7. The van der Waals surface area contributed by atoms with Gasteiger partial charge in [-0.25, -0.2) is 9.59 Å². The zero-order valence-corrected chi connectivity index (χ0v) is 21.9. The number of carboxylic acids is 2. The molecule has 4 N–H and O–H groups in total. The monoisotopic (exact) mass is 505 g/mol. The van der Waals surface area contributed by atoms with Gasteiger partial charge >= 0.3 is 11.9 Å². The molecule has 36 heavy (non-hydrogen) atoms. The number of likely N-dealkylation sites (tertiary alicyclic amines) is 1. The zero-order valence-electron chi connectivity index (χ0n) is 21.9. The summed E-state index contributed by atoms with van der Waals surface area (Å²) < 4.78 is 5.59. The largest absolute Gasteiger partial charge is 0.497 e. The number of aliphatic hydroxyl groups is 2. The quantitative estimate of drug-likeness (QED) is 0.402. The molecule has 0 aromatic heterocycles. The topological polar surface area (TPSA) is 128 Å². The highest BCUT2D eigenvalue weighted by atomic mass is 16.5. The van der Waals surface area contributed by atoms with Gasteiger partial charge in [-0.3, -0.25) is 4.90 Å².